The number of aromatic nitrogens is 3. The summed E-state index contributed by atoms with van der Waals surface area (Å²) in [5, 5.41) is 11.9. The van der Waals surface area contributed by atoms with Gasteiger partial charge in [0, 0.05) is 31.6 Å². The molecule has 7 rings (SSSR count). The van der Waals surface area contributed by atoms with Gasteiger partial charge < -0.3 is 29.1 Å². The van der Waals surface area contributed by atoms with Gasteiger partial charge >= 0.3 is 5.97 Å². The van der Waals surface area contributed by atoms with E-state index >= 15 is 0 Å². The first-order valence-electron chi connectivity index (χ1n) is 14.3. The molecule has 0 bridgehead atoms. The molecule has 0 aromatic carbocycles. The van der Waals surface area contributed by atoms with Gasteiger partial charge in [-0.05, 0) is 30.0 Å². The van der Waals surface area contributed by atoms with Crippen LogP contribution in [0, 0.1) is 0 Å². The number of thiophene rings is 1. The Morgan fingerprint density at radius 2 is 2.02 bits per heavy atom. The summed E-state index contributed by atoms with van der Waals surface area (Å²) >= 11 is 1.31. The molecule has 4 aliphatic rings. The molecule has 1 N–H and O–H groups in total. The number of carbonyl (C=O) groups is 1. The van der Waals surface area contributed by atoms with Crippen molar-refractivity contribution in [2.45, 2.75) is 61.8 Å². The second-order valence-corrected chi connectivity index (χ2v) is 12.6. The Morgan fingerprint density at radius 1 is 1.23 bits per heavy atom. The van der Waals surface area contributed by atoms with Crippen molar-refractivity contribution in [1.29, 1.82) is 0 Å². The third-order valence-electron chi connectivity index (χ3n) is 8.85. The number of pyridine rings is 1. The van der Waals surface area contributed by atoms with Gasteiger partial charge in [0.05, 0.1) is 48.9 Å². The SMILES string of the molecule is C[C@@H]1N(c2cc(C3CC3(F)F)cnc2O[C@H]2C[C@@H](C(=O)O)N(c3cc(-c4cccs4)nc(C(F)F)n3)C2)CCOC12COC2. The highest BCUT2D eigenvalue weighted by Gasteiger charge is 2.58. The van der Waals surface area contributed by atoms with E-state index in [9.17, 15) is 27.5 Å². The molecule has 1 saturated carbocycles. The molecule has 3 aliphatic heterocycles. The van der Waals surface area contributed by atoms with Gasteiger partial charge in [-0.3, -0.25) is 0 Å². The van der Waals surface area contributed by atoms with Gasteiger partial charge in [0.1, 0.15) is 29.3 Å². The standard InChI is InChI=1S/C29H29F4N5O5S/c1-15-28(13-41-14-28)42-5-4-37(15)20-7-16(18-10-29(18,32)33)11-34-26(20)43-17-8-21(27(39)40)38(12-17)23-9-19(22-3-2-6-44-22)35-25(36-23)24(30)31/h2-3,6-7,9,11,15,17-18,21,24H,4-5,8,10,12-14H2,1H3,(H,39,40)/t15-,17-,18?,21-/m0/s1. The van der Waals surface area contributed by atoms with Crippen LogP contribution in [-0.4, -0.2) is 88.6 Å². The molecule has 0 amide bonds. The fourth-order valence-electron chi connectivity index (χ4n) is 6.20. The van der Waals surface area contributed by atoms with Crippen LogP contribution >= 0.6 is 11.3 Å². The topological polar surface area (TPSA) is 110 Å². The molecule has 1 aliphatic carbocycles. The Kier molecular flexibility index (Phi) is 7.16. The smallest absolute Gasteiger partial charge is 0.326 e. The van der Waals surface area contributed by atoms with E-state index in [1.165, 1.54) is 28.5 Å². The summed E-state index contributed by atoms with van der Waals surface area (Å²) in [5.41, 5.74) is 0.636. The largest absolute Gasteiger partial charge is 0.480 e. The van der Waals surface area contributed by atoms with Crippen LogP contribution in [0.5, 0.6) is 5.88 Å². The van der Waals surface area contributed by atoms with Crippen LogP contribution in [-0.2, 0) is 14.3 Å². The molecule has 10 nitrogen and oxygen atoms in total. The molecular weight excluding hydrogens is 606 g/mol. The van der Waals surface area contributed by atoms with Crippen molar-refractivity contribution < 1.29 is 41.7 Å². The number of hydrogen-bond acceptors (Lipinski definition) is 10. The normalized spacial score (nSPS) is 27.0. The number of carboxylic acid groups (broad SMARTS) is 1. The van der Waals surface area contributed by atoms with Crippen molar-refractivity contribution in [2.24, 2.45) is 0 Å². The average molecular weight is 636 g/mol. The van der Waals surface area contributed by atoms with Gasteiger partial charge in [-0.2, -0.15) is 0 Å². The van der Waals surface area contributed by atoms with Gasteiger partial charge in [0.25, 0.3) is 12.3 Å². The summed E-state index contributed by atoms with van der Waals surface area (Å²) < 4.78 is 73.5. The summed E-state index contributed by atoms with van der Waals surface area (Å²) in [5.74, 6) is -5.38. The summed E-state index contributed by atoms with van der Waals surface area (Å²) in [6, 6.07) is 5.37. The lowest BCUT2D eigenvalue weighted by Gasteiger charge is -2.53. The second-order valence-electron chi connectivity index (χ2n) is 11.6. The van der Waals surface area contributed by atoms with Gasteiger partial charge in [-0.15, -0.1) is 11.3 Å². The molecule has 4 fully saturated rings. The quantitative estimate of drug-likeness (QED) is 0.348. The number of aliphatic carboxylic acids is 1. The second kappa shape index (κ2) is 10.8. The fourth-order valence-corrected chi connectivity index (χ4v) is 6.88. The minimum atomic E-state index is -2.96. The number of anilines is 2. The molecular formula is C29H29F4N5O5S. The summed E-state index contributed by atoms with van der Waals surface area (Å²) in [6.45, 7) is 3.65. The number of morpholine rings is 1. The van der Waals surface area contributed by atoms with E-state index in [2.05, 4.69) is 15.0 Å². The predicted octanol–water partition coefficient (Wildman–Crippen LogP) is 4.77. The van der Waals surface area contributed by atoms with Crippen molar-refractivity contribution in [1.82, 2.24) is 15.0 Å². The number of nitrogens with zero attached hydrogens (tertiary/aromatic N) is 5. The lowest BCUT2D eigenvalue weighted by Crippen LogP contribution is -2.68. The van der Waals surface area contributed by atoms with Gasteiger partial charge in [0.2, 0.25) is 5.88 Å². The van der Waals surface area contributed by atoms with E-state index < -0.39 is 47.8 Å². The number of ether oxygens (including phenoxy) is 3. The number of halogens is 4. The van der Waals surface area contributed by atoms with Crippen LogP contribution in [0.3, 0.4) is 0 Å². The molecule has 0 radical (unpaired) electrons. The van der Waals surface area contributed by atoms with Crippen LogP contribution in [0.1, 0.15) is 43.5 Å². The maximum atomic E-state index is 14.0. The van der Waals surface area contributed by atoms with Crippen LogP contribution < -0.4 is 14.5 Å². The predicted molar refractivity (Wildman–Crippen MR) is 151 cm³/mol. The molecule has 3 saturated heterocycles. The van der Waals surface area contributed by atoms with Crippen LogP contribution in [0.25, 0.3) is 10.6 Å². The maximum absolute atomic E-state index is 14.0. The van der Waals surface area contributed by atoms with E-state index in [1.807, 2.05) is 11.8 Å². The summed E-state index contributed by atoms with van der Waals surface area (Å²) in [4.78, 5) is 28.9. The Bertz CT molecular complexity index is 1560. The van der Waals surface area contributed by atoms with Crippen molar-refractivity contribution in [3.05, 3.63) is 47.2 Å². The monoisotopic (exact) mass is 635 g/mol. The Balaban J connectivity index is 1.20. The lowest BCUT2D eigenvalue weighted by atomic mass is 9.90. The van der Waals surface area contributed by atoms with E-state index in [-0.39, 0.29) is 42.8 Å². The number of alkyl halides is 4. The number of hydrogen-bond donors (Lipinski definition) is 1. The van der Waals surface area contributed by atoms with E-state index in [4.69, 9.17) is 14.2 Å². The van der Waals surface area contributed by atoms with E-state index in [1.54, 1.807) is 23.6 Å². The van der Waals surface area contributed by atoms with E-state index in [0.29, 0.717) is 42.5 Å². The fraction of sp³-hybridized carbons (Fsp3) is 0.517. The Labute approximate surface area is 253 Å². The Hall–Kier alpha value is -3.56. The molecule has 3 aromatic heterocycles. The molecule has 44 heavy (non-hydrogen) atoms. The highest BCUT2D eigenvalue weighted by Crippen LogP contribution is 2.56. The molecule has 234 valence electrons. The minimum absolute atomic E-state index is 0.0116. The first kappa shape index (κ1) is 29.2. The van der Waals surface area contributed by atoms with Crippen LogP contribution in [0.15, 0.2) is 35.8 Å². The molecule has 4 atom stereocenters. The molecule has 1 spiro atoms. The lowest BCUT2D eigenvalue weighted by molar-refractivity contribution is -0.228. The third-order valence-corrected chi connectivity index (χ3v) is 9.75. The van der Waals surface area contributed by atoms with Gasteiger partial charge in [0.15, 0.2) is 5.82 Å². The summed E-state index contributed by atoms with van der Waals surface area (Å²) in [6.07, 6.45) is -2.54. The summed E-state index contributed by atoms with van der Waals surface area (Å²) in [7, 11) is 0. The van der Waals surface area contributed by atoms with Crippen molar-refractivity contribution >= 4 is 28.8 Å². The third kappa shape index (κ3) is 5.13. The average Bonchev–Trinajstić information content (AvgIpc) is 3.35. The zero-order valence-electron chi connectivity index (χ0n) is 23.5. The highest BCUT2D eigenvalue weighted by molar-refractivity contribution is 7.13. The van der Waals surface area contributed by atoms with Crippen molar-refractivity contribution in [2.75, 3.05) is 42.7 Å². The maximum Gasteiger partial charge on any atom is 0.326 e. The minimum Gasteiger partial charge on any atom is -0.480 e. The first-order valence-corrected chi connectivity index (χ1v) is 15.2. The highest BCUT2D eigenvalue weighted by atomic mass is 32.1. The van der Waals surface area contributed by atoms with Gasteiger partial charge in [-0.25, -0.2) is 37.3 Å². The van der Waals surface area contributed by atoms with Crippen LogP contribution in [0.4, 0.5) is 29.1 Å². The van der Waals surface area contributed by atoms with E-state index in [0.717, 1.165) is 0 Å². The van der Waals surface area contributed by atoms with Crippen molar-refractivity contribution in [3.8, 4) is 16.5 Å². The molecule has 15 heteroatoms. The van der Waals surface area contributed by atoms with Crippen LogP contribution in [0.2, 0.25) is 0 Å². The number of rotatable bonds is 8. The zero-order valence-corrected chi connectivity index (χ0v) is 24.4. The Morgan fingerprint density at radius 3 is 2.66 bits per heavy atom. The van der Waals surface area contributed by atoms with Gasteiger partial charge in [-0.1, -0.05) is 6.07 Å². The first-order chi connectivity index (χ1) is 21.0. The molecule has 3 aromatic rings. The van der Waals surface area contributed by atoms with Crippen molar-refractivity contribution in [3.63, 3.8) is 0 Å². The molecule has 6 heterocycles. The molecule has 1 unspecified atom stereocenters. The zero-order chi connectivity index (χ0) is 30.8. The number of carboxylic acids is 1.